The van der Waals surface area contributed by atoms with Crippen LogP contribution in [-0.2, 0) is 5.41 Å². The van der Waals surface area contributed by atoms with Crippen LogP contribution in [0.4, 0.5) is 8.78 Å². The third kappa shape index (κ3) is 1.62. The monoisotopic (exact) mass is 219 g/mol. The van der Waals surface area contributed by atoms with Crippen LogP contribution in [0.15, 0.2) is 18.2 Å². The van der Waals surface area contributed by atoms with Gasteiger partial charge in [-0.05, 0) is 18.1 Å². The minimum Gasteiger partial charge on any atom is -0.327 e. The third-order valence-corrected chi connectivity index (χ3v) is 2.85. The van der Waals surface area contributed by atoms with Crippen molar-refractivity contribution < 1.29 is 8.78 Å². The van der Waals surface area contributed by atoms with E-state index in [0.29, 0.717) is 5.56 Å². The first-order valence-electron chi connectivity index (χ1n) is 4.25. The number of hydrogen-bond acceptors (Lipinski definition) is 1. The fourth-order valence-corrected chi connectivity index (χ4v) is 1.66. The molecular weight excluding hydrogens is 208 g/mol. The maximum Gasteiger partial charge on any atom is 0.129 e. The van der Waals surface area contributed by atoms with Gasteiger partial charge in [0.1, 0.15) is 11.6 Å². The molecule has 14 heavy (non-hydrogen) atoms. The third-order valence-electron chi connectivity index (χ3n) is 2.85. The van der Waals surface area contributed by atoms with E-state index < -0.39 is 11.6 Å². The minimum atomic E-state index is -0.543. The highest BCUT2D eigenvalue weighted by molar-refractivity contribution is 5.85. The van der Waals surface area contributed by atoms with E-state index in [-0.39, 0.29) is 23.9 Å². The van der Waals surface area contributed by atoms with Crippen molar-refractivity contribution >= 4 is 12.4 Å². The summed E-state index contributed by atoms with van der Waals surface area (Å²) in [6.07, 6.45) is 0.773. The van der Waals surface area contributed by atoms with Crippen molar-refractivity contribution in [2.75, 3.05) is 0 Å². The first kappa shape index (κ1) is 11.4. The summed E-state index contributed by atoms with van der Waals surface area (Å²) in [4.78, 5) is 0. The predicted octanol–water partition coefficient (Wildman–Crippen LogP) is 2.38. The van der Waals surface area contributed by atoms with Crippen molar-refractivity contribution in [2.24, 2.45) is 5.73 Å². The van der Waals surface area contributed by atoms with Gasteiger partial charge in [-0.15, -0.1) is 12.4 Å². The van der Waals surface area contributed by atoms with Crippen LogP contribution in [0.2, 0.25) is 0 Å². The Balaban J connectivity index is 0.000000980. The molecule has 0 bridgehead atoms. The summed E-state index contributed by atoms with van der Waals surface area (Å²) in [5, 5.41) is 0. The maximum absolute atomic E-state index is 13.3. The Morgan fingerprint density at radius 3 is 2.43 bits per heavy atom. The first-order chi connectivity index (χ1) is 6.04. The van der Waals surface area contributed by atoms with Gasteiger partial charge in [0.25, 0.3) is 0 Å². The zero-order valence-corrected chi connectivity index (χ0v) is 8.57. The Kier molecular flexibility index (Phi) is 2.83. The average Bonchev–Trinajstić information content (AvgIpc) is 2.59. The minimum absolute atomic E-state index is 0. The molecule has 1 fully saturated rings. The van der Waals surface area contributed by atoms with Gasteiger partial charge in [-0.1, -0.05) is 13.0 Å². The highest BCUT2D eigenvalue weighted by Gasteiger charge is 2.50. The highest BCUT2D eigenvalue weighted by atomic mass is 35.5. The molecule has 0 aliphatic heterocycles. The largest absolute Gasteiger partial charge is 0.327 e. The summed E-state index contributed by atoms with van der Waals surface area (Å²) in [6.45, 7) is 1.90. The number of rotatable bonds is 1. The van der Waals surface area contributed by atoms with Crippen molar-refractivity contribution in [3.63, 3.8) is 0 Å². The normalized spacial score (nSPS) is 29.6. The van der Waals surface area contributed by atoms with Crippen molar-refractivity contribution in [1.82, 2.24) is 0 Å². The Morgan fingerprint density at radius 2 is 2.00 bits per heavy atom. The van der Waals surface area contributed by atoms with Crippen LogP contribution in [0.25, 0.3) is 0 Å². The van der Waals surface area contributed by atoms with E-state index in [0.717, 1.165) is 12.5 Å². The molecule has 2 unspecified atom stereocenters. The molecule has 1 aromatic rings. The van der Waals surface area contributed by atoms with Crippen LogP contribution >= 0.6 is 12.4 Å². The van der Waals surface area contributed by atoms with E-state index in [1.165, 1.54) is 12.1 Å². The number of nitrogens with two attached hydrogens (primary N) is 1. The van der Waals surface area contributed by atoms with Crippen molar-refractivity contribution in [3.8, 4) is 0 Å². The predicted molar refractivity (Wildman–Crippen MR) is 53.6 cm³/mol. The zero-order chi connectivity index (χ0) is 9.64. The van der Waals surface area contributed by atoms with Gasteiger partial charge in [-0.2, -0.15) is 0 Å². The molecule has 0 spiro atoms. The second-order valence-electron chi connectivity index (χ2n) is 3.85. The maximum atomic E-state index is 13.3. The Labute approximate surface area is 87.7 Å². The van der Waals surface area contributed by atoms with Gasteiger partial charge in [0.05, 0.1) is 0 Å². The van der Waals surface area contributed by atoms with Crippen molar-refractivity contribution in [3.05, 3.63) is 35.4 Å². The van der Waals surface area contributed by atoms with Crippen molar-refractivity contribution in [1.29, 1.82) is 0 Å². The van der Waals surface area contributed by atoms with Gasteiger partial charge in [0.2, 0.25) is 0 Å². The van der Waals surface area contributed by atoms with Crippen LogP contribution in [-0.4, -0.2) is 6.04 Å². The molecule has 2 atom stereocenters. The van der Waals surface area contributed by atoms with Gasteiger partial charge < -0.3 is 5.73 Å². The smallest absolute Gasteiger partial charge is 0.129 e. The number of halogens is 3. The molecule has 1 aliphatic rings. The van der Waals surface area contributed by atoms with Crippen LogP contribution < -0.4 is 5.73 Å². The fraction of sp³-hybridized carbons (Fsp3) is 0.400. The summed E-state index contributed by atoms with van der Waals surface area (Å²) in [7, 11) is 0. The number of benzene rings is 1. The first-order valence-corrected chi connectivity index (χ1v) is 4.25. The van der Waals surface area contributed by atoms with Crippen molar-refractivity contribution in [2.45, 2.75) is 24.8 Å². The van der Waals surface area contributed by atoms with E-state index in [1.807, 2.05) is 6.92 Å². The van der Waals surface area contributed by atoms with Gasteiger partial charge in [0, 0.05) is 17.5 Å². The Hall–Kier alpha value is -0.670. The van der Waals surface area contributed by atoms with Gasteiger partial charge in [-0.25, -0.2) is 8.78 Å². The lowest BCUT2D eigenvalue weighted by atomic mass is 9.97. The Morgan fingerprint density at radius 1 is 1.43 bits per heavy atom. The SMILES string of the molecule is CC1(c2ccc(F)cc2F)CC1N.Cl. The molecule has 0 radical (unpaired) electrons. The molecule has 0 heterocycles. The Bertz CT molecular complexity index is 356. The summed E-state index contributed by atoms with van der Waals surface area (Å²) in [6, 6.07) is 3.67. The van der Waals surface area contributed by atoms with Crippen LogP contribution in [0.1, 0.15) is 18.9 Å². The highest BCUT2D eigenvalue weighted by Crippen LogP contribution is 2.47. The quantitative estimate of drug-likeness (QED) is 0.771. The van der Waals surface area contributed by atoms with E-state index in [4.69, 9.17) is 5.73 Å². The summed E-state index contributed by atoms with van der Waals surface area (Å²) in [5.41, 5.74) is 5.93. The van der Waals surface area contributed by atoms with Gasteiger partial charge in [-0.3, -0.25) is 0 Å². The topological polar surface area (TPSA) is 26.0 Å². The van der Waals surface area contributed by atoms with E-state index >= 15 is 0 Å². The molecule has 0 saturated heterocycles. The molecule has 78 valence electrons. The lowest BCUT2D eigenvalue weighted by molar-refractivity contribution is 0.553. The van der Waals surface area contributed by atoms with Gasteiger partial charge >= 0.3 is 0 Å². The van der Waals surface area contributed by atoms with E-state index in [9.17, 15) is 8.78 Å². The summed E-state index contributed by atoms with van der Waals surface area (Å²) < 4.78 is 25.8. The van der Waals surface area contributed by atoms with Crippen LogP contribution in [0, 0.1) is 11.6 Å². The molecule has 2 N–H and O–H groups in total. The number of hydrogen-bond donors (Lipinski definition) is 1. The molecule has 4 heteroatoms. The summed E-state index contributed by atoms with van der Waals surface area (Å²) >= 11 is 0. The van der Waals surface area contributed by atoms with Gasteiger partial charge in [0.15, 0.2) is 0 Å². The van der Waals surface area contributed by atoms with Crippen LogP contribution in [0.5, 0.6) is 0 Å². The average molecular weight is 220 g/mol. The molecule has 1 saturated carbocycles. The molecule has 2 rings (SSSR count). The van der Waals surface area contributed by atoms with E-state index in [1.54, 1.807) is 0 Å². The lowest BCUT2D eigenvalue weighted by Gasteiger charge is -2.10. The van der Waals surface area contributed by atoms with E-state index in [2.05, 4.69) is 0 Å². The summed E-state index contributed by atoms with van der Waals surface area (Å²) in [5.74, 6) is -1.03. The molecule has 1 aliphatic carbocycles. The molecular formula is C10H12ClF2N. The van der Waals surface area contributed by atoms with Crippen LogP contribution in [0.3, 0.4) is 0 Å². The zero-order valence-electron chi connectivity index (χ0n) is 7.76. The standard InChI is InChI=1S/C10H11F2N.ClH/c1-10(5-9(10)13)7-3-2-6(11)4-8(7)12;/h2-4,9H,5,13H2,1H3;1H. The second-order valence-corrected chi connectivity index (χ2v) is 3.85. The molecule has 0 amide bonds. The fourth-order valence-electron chi connectivity index (χ4n) is 1.66. The molecule has 0 aromatic heterocycles. The molecule has 1 aromatic carbocycles. The lowest BCUT2D eigenvalue weighted by Crippen LogP contribution is -2.16. The second kappa shape index (κ2) is 3.48. The molecule has 1 nitrogen and oxygen atoms in total.